The highest BCUT2D eigenvalue weighted by molar-refractivity contribution is 7.91. The van der Waals surface area contributed by atoms with Crippen LogP contribution in [0.1, 0.15) is 39.0 Å². The standard InChI is InChI=1S/C16H22N2O3S/c1-4-22(19,20)13-5-6-15-14(9-13)17-16(21-15)12-7-8-18(10-12)11(2)3/h5-6,9,11-12H,4,7-8,10H2,1-3H3. The van der Waals surface area contributed by atoms with Crippen LogP contribution in [0.15, 0.2) is 27.5 Å². The number of aromatic nitrogens is 1. The molecular formula is C16H22N2O3S. The van der Waals surface area contributed by atoms with Crippen LogP contribution in [0.25, 0.3) is 11.1 Å². The van der Waals surface area contributed by atoms with E-state index in [0.717, 1.165) is 25.4 Å². The molecule has 2 aromatic rings. The van der Waals surface area contributed by atoms with Crippen LogP contribution in [-0.2, 0) is 9.84 Å². The normalized spacial score (nSPS) is 20.3. The molecule has 1 fully saturated rings. The van der Waals surface area contributed by atoms with Crippen molar-refractivity contribution in [1.82, 2.24) is 9.88 Å². The summed E-state index contributed by atoms with van der Waals surface area (Å²) in [5, 5.41) is 0. The maximum atomic E-state index is 12.0. The van der Waals surface area contributed by atoms with E-state index >= 15 is 0 Å². The quantitative estimate of drug-likeness (QED) is 0.866. The largest absolute Gasteiger partial charge is 0.440 e. The molecule has 3 rings (SSSR count). The molecule has 120 valence electrons. The van der Waals surface area contributed by atoms with Crippen LogP contribution >= 0.6 is 0 Å². The lowest BCUT2D eigenvalue weighted by atomic mass is 10.1. The van der Waals surface area contributed by atoms with E-state index in [9.17, 15) is 8.42 Å². The molecule has 0 bridgehead atoms. The monoisotopic (exact) mass is 322 g/mol. The van der Waals surface area contributed by atoms with E-state index in [1.807, 2.05) is 0 Å². The molecule has 0 amide bonds. The maximum absolute atomic E-state index is 12.0. The molecule has 0 radical (unpaired) electrons. The third-order valence-corrected chi connectivity index (χ3v) is 6.15. The molecule has 0 aliphatic carbocycles. The maximum Gasteiger partial charge on any atom is 0.199 e. The molecule has 0 N–H and O–H groups in total. The fourth-order valence-electron chi connectivity index (χ4n) is 2.92. The van der Waals surface area contributed by atoms with Crippen molar-refractivity contribution in [3.8, 4) is 0 Å². The number of hydrogen-bond donors (Lipinski definition) is 0. The average Bonchev–Trinajstić information content (AvgIpc) is 3.12. The fourth-order valence-corrected chi connectivity index (χ4v) is 3.82. The van der Waals surface area contributed by atoms with E-state index in [1.54, 1.807) is 25.1 Å². The number of fused-ring (bicyclic) bond motifs is 1. The van der Waals surface area contributed by atoms with Crippen molar-refractivity contribution in [3.05, 3.63) is 24.1 Å². The van der Waals surface area contributed by atoms with Crippen molar-refractivity contribution in [2.24, 2.45) is 0 Å². The third-order valence-electron chi connectivity index (χ3n) is 4.41. The summed E-state index contributed by atoms with van der Waals surface area (Å²) in [5.41, 5.74) is 1.29. The zero-order chi connectivity index (χ0) is 15.9. The Morgan fingerprint density at radius 2 is 2.18 bits per heavy atom. The minimum Gasteiger partial charge on any atom is -0.440 e. The lowest BCUT2D eigenvalue weighted by Crippen LogP contribution is -2.27. The molecule has 0 saturated carbocycles. The zero-order valence-electron chi connectivity index (χ0n) is 13.2. The summed E-state index contributed by atoms with van der Waals surface area (Å²) in [7, 11) is -3.21. The van der Waals surface area contributed by atoms with Gasteiger partial charge in [0.15, 0.2) is 21.3 Å². The second-order valence-corrected chi connectivity index (χ2v) is 8.44. The summed E-state index contributed by atoms with van der Waals surface area (Å²) < 4.78 is 29.8. The van der Waals surface area contributed by atoms with Gasteiger partial charge in [-0.15, -0.1) is 0 Å². The van der Waals surface area contributed by atoms with Crippen LogP contribution in [-0.4, -0.2) is 43.2 Å². The molecule has 1 aliphatic heterocycles. The summed E-state index contributed by atoms with van der Waals surface area (Å²) in [6.07, 6.45) is 1.03. The highest BCUT2D eigenvalue weighted by atomic mass is 32.2. The number of benzene rings is 1. The van der Waals surface area contributed by atoms with Gasteiger partial charge in [-0.25, -0.2) is 13.4 Å². The van der Waals surface area contributed by atoms with Gasteiger partial charge in [-0.1, -0.05) is 6.92 Å². The number of rotatable bonds is 4. The third kappa shape index (κ3) is 2.77. The van der Waals surface area contributed by atoms with E-state index < -0.39 is 9.84 Å². The highest BCUT2D eigenvalue weighted by Gasteiger charge is 2.29. The van der Waals surface area contributed by atoms with Gasteiger partial charge in [0.1, 0.15) is 5.52 Å². The van der Waals surface area contributed by atoms with Gasteiger partial charge in [-0.05, 0) is 45.0 Å². The summed E-state index contributed by atoms with van der Waals surface area (Å²) in [6, 6.07) is 5.46. The van der Waals surface area contributed by atoms with Crippen LogP contribution in [0, 0.1) is 0 Å². The Morgan fingerprint density at radius 3 is 2.82 bits per heavy atom. The number of hydrogen-bond acceptors (Lipinski definition) is 5. The second-order valence-electron chi connectivity index (χ2n) is 6.16. The predicted molar refractivity (Wildman–Crippen MR) is 85.8 cm³/mol. The molecular weight excluding hydrogens is 300 g/mol. The Morgan fingerprint density at radius 1 is 1.41 bits per heavy atom. The summed E-state index contributed by atoms with van der Waals surface area (Å²) in [5.74, 6) is 1.11. The van der Waals surface area contributed by atoms with Crippen LogP contribution in [0.4, 0.5) is 0 Å². The lowest BCUT2D eigenvalue weighted by molar-refractivity contribution is 0.269. The Labute approximate surface area is 131 Å². The van der Waals surface area contributed by atoms with E-state index in [1.165, 1.54) is 0 Å². The summed E-state index contributed by atoms with van der Waals surface area (Å²) in [4.78, 5) is 7.27. The SMILES string of the molecule is CCS(=O)(=O)c1ccc2oc(C3CCN(C(C)C)C3)nc2c1. The molecule has 2 heterocycles. The smallest absolute Gasteiger partial charge is 0.199 e. The first-order valence-corrected chi connectivity index (χ1v) is 9.43. The first-order chi connectivity index (χ1) is 10.4. The van der Waals surface area contributed by atoms with E-state index in [2.05, 4.69) is 23.7 Å². The van der Waals surface area contributed by atoms with Gasteiger partial charge in [0, 0.05) is 18.5 Å². The Balaban J connectivity index is 1.91. The van der Waals surface area contributed by atoms with E-state index in [0.29, 0.717) is 28.0 Å². The van der Waals surface area contributed by atoms with Gasteiger partial charge in [-0.3, -0.25) is 0 Å². The van der Waals surface area contributed by atoms with Crippen molar-refractivity contribution in [3.63, 3.8) is 0 Å². The van der Waals surface area contributed by atoms with Gasteiger partial charge in [0.2, 0.25) is 0 Å². The molecule has 1 atom stereocenters. The van der Waals surface area contributed by atoms with Crippen molar-refractivity contribution >= 4 is 20.9 Å². The topological polar surface area (TPSA) is 63.4 Å². The number of likely N-dealkylation sites (tertiary alicyclic amines) is 1. The summed E-state index contributed by atoms with van der Waals surface area (Å²) >= 11 is 0. The van der Waals surface area contributed by atoms with E-state index in [-0.39, 0.29) is 5.75 Å². The molecule has 6 heteroatoms. The Hall–Kier alpha value is -1.40. The van der Waals surface area contributed by atoms with Gasteiger partial charge in [-0.2, -0.15) is 0 Å². The predicted octanol–water partition coefficient (Wildman–Crippen LogP) is 2.82. The number of sulfone groups is 1. The molecule has 22 heavy (non-hydrogen) atoms. The van der Waals surface area contributed by atoms with Crippen LogP contribution in [0.2, 0.25) is 0 Å². The van der Waals surface area contributed by atoms with Crippen LogP contribution < -0.4 is 0 Å². The molecule has 1 aliphatic rings. The number of oxazole rings is 1. The fraction of sp³-hybridized carbons (Fsp3) is 0.562. The van der Waals surface area contributed by atoms with Gasteiger partial charge in [0.05, 0.1) is 10.6 Å². The van der Waals surface area contributed by atoms with Crippen LogP contribution in [0.5, 0.6) is 0 Å². The summed E-state index contributed by atoms with van der Waals surface area (Å²) in [6.45, 7) is 8.03. The lowest BCUT2D eigenvalue weighted by Gasteiger charge is -2.19. The van der Waals surface area contributed by atoms with Crippen molar-refractivity contribution < 1.29 is 12.8 Å². The van der Waals surface area contributed by atoms with Gasteiger partial charge in [0.25, 0.3) is 0 Å². The van der Waals surface area contributed by atoms with Crippen molar-refractivity contribution in [2.45, 2.75) is 44.0 Å². The molecule has 5 nitrogen and oxygen atoms in total. The molecule has 1 saturated heterocycles. The first-order valence-electron chi connectivity index (χ1n) is 7.78. The minimum atomic E-state index is -3.21. The van der Waals surface area contributed by atoms with Crippen LogP contribution in [0.3, 0.4) is 0 Å². The first kappa shape index (κ1) is 15.5. The van der Waals surface area contributed by atoms with Gasteiger partial charge < -0.3 is 9.32 Å². The molecule has 1 aromatic carbocycles. The zero-order valence-corrected chi connectivity index (χ0v) is 14.1. The Bertz CT molecular complexity index is 780. The second kappa shape index (κ2) is 5.66. The molecule has 1 unspecified atom stereocenters. The number of nitrogens with zero attached hydrogens (tertiary/aromatic N) is 2. The molecule has 0 spiro atoms. The highest BCUT2D eigenvalue weighted by Crippen LogP contribution is 2.30. The van der Waals surface area contributed by atoms with E-state index in [4.69, 9.17) is 4.42 Å². The Kier molecular flexibility index (Phi) is 3.99. The van der Waals surface area contributed by atoms with Crippen molar-refractivity contribution in [1.29, 1.82) is 0 Å². The average molecular weight is 322 g/mol. The van der Waals surface area contributed by atoms with Gasteiger partial charge >= 0.3 is 0 Å². The van der Waals surface area contributed by atoms with Crippen molar-refractivity contribution in [2.75, 3.05) is 18.8 Å². The molecule has 1 aromatic heterocycles. The minimum absolute atomic E-state index is 0.0924.